The van der Waals surface area contributed by atoms with Crippen molar-refractivity contribution in [1.82, 2.24) is 4.90 Å². The minimum Gasteiger partial charge on any atom is -0.324 e. The predicted octanol–water partition coefficient (Wildman–Crippen LogP) is 5.01. The van der Waals surface area contributed by atoms with E-state index in [0.717, 1.165) is 22.0 Å². The lowest BCUT2D eigenvalue weighted by Gasteiger charge is -2.37. The van der Waals surface area contributed by atoms with Crippen LogP contribution in [0.5, 0.6) is 0 Å². The lowest BCUT2D eigenvalue weighted by molar-refractivity contribution is -0.146. The number of amides is 3. The number of hydrogen-bond donors (Lipinski definition) is 1. The molecular formula is C27H24BrClN2O3. The number of hydrogen-bond acceptors (Lipinski definition) is 3. The highest BCUT2D eigenvalue weighted by Gasteiger charge is 2.67. The molecule has 1 saturated heterocycles. The summed E-state index contributed by atoms with van der Waals surface area (Å²) in [5.74, 6) is -0.158. The summed E-state index contributed by atoms with van der Waals surface area (Å²) in [6.07, 6.45) is 5.66. The summed E-state index contributed by atoms with van der Waals surface area (Å²) in [5.41, 5.74) is 2.18. The van der Waals surface area contributed by atoms with E-state index in [1.807, 2.05) is 37.3 Å². The molecule has 3 amide bonds. The molecule has 1 N–H and O–H groups in total. The van der Waals surface area contributed by atoms with E-state index in [4.69, 9.17) is 11.6 Å². The third-order valence-electron chi connectivity index (χ3n) is 8.18. The number of benzene rings is 2. The molecule has 34 heavy (non-hydrogen) atoms. The highest BCUT2D eigenvalue weighted by molar-refractivity contribution is 9.10. The second-order valence-corrected chi connectivity index (χ2v) is 11.2. The number of imide groups is 1. The molecule has 2 aromatic carbocycles. The van der Waals surface area contributed by atoms with Gasteiger partial charge in [-0.1, -0.05) is 54.1 Å². The molecule has 2 bridgehead atoms. The first kappa shape index (κ1) is 22.1. The van der Waals surface area contributed by atoms with E-state index < -0.39 is 6.04 Å². The van der Waals surface area contributed by atoms with E-state index in [2.05, 4.69) is 33.4 Å². The lowest BCUT2D eigenvalue weighted by atomic mass is 9.63. The Morgan fingerprint density at radius 3 is 2.29 bits per heavy atom. The van der Waals surface area contributed by atoms with E-state index in [0.29, 0.717) is 22.5 Å². The maximum absolute atomic E-state index is 13.7. The number of nitrogens with zero attached hydrogens (tertiary/aromatic N) is 1. The highest BCUT2D eigenvalue weighted by Crippen LogP contribution is 2.65. The Morgan fingerprint density at radius 2 is 1.68 bits per heavy atom. The number of likely N-dealkylation sites (tertiary alicyclic amines) is 1. The van der Waals surface area contributed by atoms with Crippen LogP contribution in [0.15, 0.2) is 59.1 Å². The van der Waals surface area contributed by atoms with Gasteiger partial charge in [0.05, 0.1) is 16.9 Å². The largest absolute Gasteiger partial charge is 0.324 e. The van der Waals surface area contributed by atoms with Gasteiger partial charge in [-0.05, 0) is 76.2 Å². The van der Waals surface area contributed by atoms with Crippen molar-refractivity contribution in [1.29, 1.82) is 0 Å². The molecule has 0 spiro atoms. The molecule has 0 aromatic heterocycles. The highest BCUT2D eigenvalue weighted by atomic mass is 79.9. The third-order valence-corrected chi connectivity index (χ3v) is 9.56. The van der Waals surface area contributed by atoms with Crippen LogP contribution < -0.4 is 5.32 Å². The van der Waals surface area contributed by atoms with E-state index in [1.165, 1.54) is 4.90 Å². The summed E-state index contributed by atoms with van der Waals surface area (Å²) >= 11 is 9.77. The van der Waals surface area contributed by atoms with E-state index in [1.54, 1.807) is 12.1 Å². The van der Waals surface area contributed by atoms with Crippen LogP contribution in [0.3, 0.4) is 0 Å². The standard InChI is InChI=1S/C27H24BrClN2O3/c1-13-20(10-9-19(28)24(13)29)30-25(32)21(11-14-5-3-2-4-6-14)31-26(33)22-15-7-8-16(18-12-17(15)18)23(22)27(31)34/h2-10,15-18,21-23H,11-12H2,1H3,(H,30,32)/t15-,16-,17-,18+,21+,22+,23+/m1/s1. The molecule has 1 aliphatic heterocycles. The zero-order valence-corrected chi connectivity index (χ0v) is 20.9. The normalized spacial score (nSPS) is 31.3. The van der Waals surface area contributed by atoms with Crippen molar-refractivity contribution in [2.45, 2.75) is 25.8 Å². The first-order valence-corrected chi connectivity index (χ1v) is 12.9. The van der Waals surface area contributed by atoms with Crippen molar-refractivity contribution < 1.29 is 14.4 Å². The van der Waals surface area contributed by atoms with Gasteiger partial charge in [0.2, 0.25) is 17.7 Å². The zero-order chi connectivity index (χ0) is 23.7. The van der Waals surface area contributed by atoms with Crippen LogP contribution in [0.25, 0.3) is 0 Å². The fourth-order valence-electron chi connectivity index (χ4n) is 6.43. The molecule has 2 aromatic rings. The molecule has 4 aliphatic carbocycles. The first-order chi connectivity index (χ1) is 16.4. The number of allylic oxidation sites excluding steroid dienone is 2. The summed E-state index contributed by atoms with van der Waals surface area (Å²) in [5, 5.41) is 3.46. The molecule has 2 saturated carbocycles. The van der Waals surface area contributed by atoms with Crippen LogP contribution in [0.1, 0.15) is 17.5 Å². The van der Waals surface area contributed by atoms with Crippen molar-refractivity contribution in [2.24, 2.45) is 35.5 Å². The fourth-order valence-corrected chi connectivity index (χ4v) is 7.02. The molecule has 5 nitrogen and oxygen atoms in total. The van der Waals surface area contributed by atoms with Gasteiger partial charge in [0.15, 0.2) is 0 Å². The van der Waals surface area contributed by atoms with E-state index in [-0.39, 0.29) is 47.8 Å². The van der Waals surface area contributed by atoms with Crippen LogP contribution in [0.4, 0.5) is 5.69 Å². The van der Waals surface area contributed by atoms with Gasteiger partial charge in [-0.25, -0.2) is 0 Å². The Bertz CT molecular complexity index is 1210. The number of rotatable bonds is 5. The van der Waals surface area contributed by atoms with Crippen molar-refractivity contribution in [2.75, 3.05) is 5.32 Å². The minimum atomic E-state index is -0.925. The van der Waals surface area contributed by atoms with Gasteiger partial charge in [-0.15, -0.1) is 0 Å². The summed E-state index contributed by atoms with van der Waals surface area (Å²) in [6.45, 7) is 1.82. The van der Waals surface area contributed by atoms with Crippen LogP contribution in [0, 0.1) is 42.4 Å². The van der Waals surface area contributed by atoms with Crippen molar-refractivity contribution in [3.05, 3.63) is 75.2 Å². The van der Waals surface area contributed by atoms with Gasteiger partial charge >= 0.3 is 0 Å². The number of halogens is 2. The second kappa shape index (κ2) is 8.06. The van der Waals surface area contributed by atoms with Gasteiger partial charge in [0.1, 0.15) is 6.04 Å². The zero-order valence-electron chi connectivity index (χ0n) is 18.6. The quantitative estimate of drug-likeness (QED) is 0.429. The molecule has 7 rings (SSSR count). The van der Waals surface area contributed by atoms with Crippen LogP contribution in [0.2, 0.25) is 5.02 Å². The summed E-state index contributed by atoms with van der Waals surface area (Å²) < 4.78 is 0.737. The van der Waals surface area contributed by atoms with Crippen molar-refractivity contribution in [3.63, 3.8) is 0 Å². The Morgan fingerprint density at radius 1 is 1.06 bits per heavy atom. The smallest absolute Gasteiger partial charge is 0.248 e. The predicted molar refractivity (Wildman–Crippen MR) is 133 cm³/mol. The molecule has 7 atom stereocenters. The monoisotopic (exact) mass is 538 g/mol. The second-order valence-electron chi connectivity index (χ2n) is 9.93. The molecule has 5 aliphatic rings. The molecule has 7 heteroatoms. The van der Waals surface area contributed by atoms with Crippen LogP contribution in [-0.4, -0.2) is 28.7 Å². The molecule has 0 radical (unpaired) electrons. The topological polar surface area (TPSA) is 66.5 Å². The van der Waals surface area contributed by atoms with E-state index in [9.17, 15) is 14.4 Å². The molecule has 0 unspecified atom stereocenters. The maximum atomic E-state index is 13.7. The van der Waals surface area contributed by atoms with Gasteiger partial charge < -0.3 is 5.32 Å². The summed E-state index contributed by atoms with van der Waals surface area (Å²) in [7, 11) is 0. The number of carbonyl (C=O) groups excluding carboxylic acids is 3. The Labute approximate surface area is 211 Å². The number of anilines is 1. The van der Waals surface area contributed by atoms with E-state index >= 15 is 0 Å². The van der Waals surface area contributed by atoms with Crippen molar-refractivity contribution >= 4 is 50.9 Å². The number of nitrogens with one attached hydrogen (secondary N) is 1. The maximum Gasteiger partial charge on any atom is 0.248 e. The molecular weight excluding hydrogens is 516 g/mol. The Hall–Kier alpha value is -2.44. The molecule has 1 heterocycles. The Balaban J connectivity index is 1.34. The Kier molecular flexibility index (Phi) is 5.23. The van der Waals surface area contributed by atoms with Gasteiger partial charge in [0.25, 0.3) is 0 Å². The SMILES string of the molecule is Cc1c(NC(=O)[C@H](Cc2ccccc2)N2C(=O)[C@H]3[C@@H]4C=C[C@H]([C@@H]5C[C@H]45)[C@@H]3C2=O)ccc(Br)c1Cl. The average Bonchev–Trinajstić information content (AvgIpc) is 3.62. The van der Waals surface area contributed by atoms with Crippen molar-refractivity contribution in [3.8, 4) is 0 Å². The summed E-state index contributed by atoms with van der Waals surface area (Å²) in [6, 6.07) is 12.2. The summed E-state index contributed by atoms with van der Waals surface area (Å²) in [4.78, 5) is 42.4. The van der Waals surface area contributed by atoms with Gasteiger partial charge in [0, 0.05) is 16.6 Å². The van der Waals surface area contributed by atoms with Crippen LogP contribution >= 0.6 is 27.5 Å². The number of carbonyl (C=O) groups is 3. The fraction of sp³-hybridized carbons (Fsp3) is 0.370. The molecule has 174 valence electrons. The average molecular weight is 540 g/mol. The van der Waals surface area contributed by atoms with Crippen LogP contribution in [-0.2, 0) is 20.8 Å². The minimum absolute atomic E-state index is 0.120. The third kappa shape index (κ3) is 3.29. The first-order valence-electron chi connectivity index (χ1n) is 11.7. The lowest BCUT2D eigenvalue weighted by Crippen LogP contribution is -2.49. The van der Waals surface area contributed by atoms with Gasteiger partial charge in [-0.3, -0.25) is 19.3 Å². The van der Waals surface area contributed by atoms with Gasteiger partial charge in [-0.2, -0.15) is 0 Å². The molecule has 3 fully saturated rings.